The lowest BCUT2D eigenvalue weighted by Crippen LogP contribution is -2.27. The summed E-state index contributed by atoms with van der Waals surface area (Å²) in [7, 11) is 1.42. The third-order valence-electron chi connectivity index (χ3n) is 5.91. The van der Waals surface area contributed by atoms with Crippen molar-refractivity contribution in [1.82, 2.24) is 0 Å². The SMILES string of the molecule is CN(C(=O)c1cc(NC(=O)C2C(c3cc(Cl)c(Cl)c(Cl)c3)C2(Cl)Cl)ccc1Cl)c1ccc(F)cc1C#N. The summed E-state index contributed by atoms with van der Waals surface area (Å²) >= 11 is 37.3. The van der Waals surface area contributed by atoms with Crippen molar-refractivity contribution < 1.29 is 14.0 Å². The van der Waals surface area contributed by atoms with Gasteiger partial charge >= 0.3 is 0 Å². The van der Waals surface area contributed by atoms with Crippen LogP contribution in [0.3, 0.4) is 0 Å². The third kappa shape index (κ3) is 5.35. The minimum absolute atomic E-state index is 0.0285. The highest BCUT2D eigenvalue weighted by molar-refractivity contribution is 6.54. The smallest absolute Gasteiger partial charge is 0.259 e. The highest BCUT2D eigenvalue weighted by atomic mass is 35.5. The molecule has 0 saturated heterocycles. The molecule has 3 aromatic carbocycles. The lowest BCUT2D eigenvalue weighted by Gasteiger charge is -2.20. The molecule has 0 aliphatic heterocycles. The van der Waals surface area contributed by atoms with E-state index in [4.69, 9.17) is 69.6 Å². The van der Waals surface area contributed by atoms with Gasteiger partial charge in [0.25, 0.3) is 5.91 Å². The molecule has 37 heavy (non-hydrogen) atoms. The number of nitrogens with zero attached hydrogens (tertiary/aromatic N) is 2. The van der Waals surface area contributed by atoms with Crippen molar-refractivity contribution in [3.8, 4) is 6.07 Å². The molecular weight excluding hydrogens is 606 g/mol. The van der Waals surface area contributed by atoms with E-state index in [0.29, 0.717) is 5.56 Å². The first-order valence-corrected chi connectivity index (χ1v) is 12.7. The van der Waals surface area contributed by atoms with Crippen molar-refractivity contribution >= 4 is 92.8 Å². The van der Waals surface area contributed by atoms with Crippen LogP contribution in [0.15, 0.2) is 48.5 Å². The van der Waals surface area contributed by atoms with Crippen LogP contribution in [-0.2, 0) is 4.79 Å². The highest BCUT2D eigenvalue weighted by Gasteiger charge is 2.67. The van der Waals surface area contributed by atoms with Crippen LogP contribution in [-0.4, -0.2) is 23.2 Å². The molecule has 2 amide bonds. The molecular formula is C25H14Cl6FN3O2. The molecule has 0 radical (unpaired) electrons. The molecule has 1 aliphatic carbocycles. The number of hydrogen-bond acceptors (Lipinski definition) is 3. The Hall–Kier alpha value is -2.24. The Morgan fingerprint density at radius 2 is 1.65 bits per heavy atom. The molecule has 2 atom stereocenters. The number of nitriles is 1. The lowest BCUT2D eigenvalue weighted by molar-refractivity contribution is -0.117. The Labute approximate surface area is 241 Å². The van der Waals surface area contributed by atoms with Crippen LogP contribution in [0, 0.1) is 23.1 Å². The second-order valence-electron chi connectivity index (χ2n) is 8.25. The molecule has 0 spiro atoms. The van der Waals surface area contributed by atoms with Crippen molar-refractivity contribution in [2.24, 2.45) is 5.92 Å². The van der Waals surface area contributed by atoms with Crippen LogP contribution in [0.4, 0.5) is 15.8 Å². The van der Waals surface area contributed by atoms with Gasteiger partial charge in [0.2, 0.25) is 5.91 Å². The summed E-state index contributed by atoms with van der Waals surface area (Å²) in [5.74, 6) is -3.15. The van der Waals surface area contributed by atoms with Crippen molar-refractivity contribution in [2.45, 2.75) is 10.3 Å². The fraction of sp³-hybridized carbons (Fsp3) is 0.160. The number of alkyl halides is 2. The van der Waals surface area contributed by atoms with E-state index in [0.717, 1.165) is 17.0 Å². The molecule has 190 valence electrons. The average molecular weight is 620 g/mol. The molecule has 0 heterocycles. The summed E-state index contributed by atoms with van der Waals surface area (Å²) in [6.07, 6.45) is 0. The Kier molecular flexibility index (Phi) is 7.88. The van der Waals surface area contributed by atoms with Gasteiger partial charge in [0, 0.05) is 18.7 Å². The monoisotopic (exact) mass is 617 g/mol. The largest absolute Gasteiger partial charge is 0.326 e. The van der Waals surface area contributed by atoms with E-state index < -0.39 is 33.8 Å². The zero-order valence-corrected chi connectivity index (χ0v) is 23.2. The zero-order chi connectivity index (χ0) is 27.2. The zero-order valence-electron chi connectivity index (χ0n) is 18.6. The molecule has 1 fully saturated rings. The van der Waals surface area contributed by atoms with Gasteiger partial charge in [-0.05, 0) is 54.1 Å². The van der Waals surface area contributed by atoms with Gasteiger partial charge in [-0.25, -0.2) is 4.39 Å². The molecule has 0 bridgehead atoms. The normalized spacial score (nSPS) is 17.6. The van der Waals surface area contributed by atoms with Crippen LogP contribution in [0.25, 0.3) is 0 Å². The van der Waals surface area contributed by atoms with Crippen LogP contribution >= 0.6 is 69.6 Å². The molecule has 0 aromatic heterocycles. The van der Waals surface area contributed by atoms with E-state index in [-0.39, 0.29) is 42.6 Å². The fourth-order valence-corrected chi connectivity index (χ4v) is 5.63. The van der Waals surface area contributed by atoms with Gasteiger partial charge in [0.05, 0.1) is 42.8 Å². The van der Waals surface area contributed by atoms with Gasteiger partial charge in [-0.2, -0.15) is 5.26 Å². The maximum atomic E-state index is 13.5. The predicted octanol–water partition coefficient (Wildman–Crippen LogP) is 8.11. The third-order valence-corrected chi connectivity index (χ3v) is 8.38. The summed E-state index contributed by atoms with van der Waals surface area (Å²) < 4.78 is 12.1. The fourth-order valence-electron chi connectivity index (χ4n) is 3.99. The van der Waals surface area contributed by atoms with E-state index in [2.05, 4.69) is 5.32 Å². The first-order chi connectivity index (χ1) is 17.4. The van der Waals surface area contributed by atoms with Gasteiger partial charge in [0.15, 0.2) is 0 Å². The van der Waals surface area contributed by atoms with Gasteiger partial charge in [-0.3, -0.25) is 9.59 Å². The van der Waals surface area contributed by atoms with Gasteiger partial charge < -0.3 is 10.2 Å². The Morgan fingerprint density at radius 3 is 2.27 bits per heavy atom. The number of carbonyl (C=O) groups excluding carboxylic acids is 2. The van der Waals surface area contributed by atoms with Crippen LogP contribution in [0.1, 0.15) is 27.4 Å². The number of halogens is 7. The molecule has 2 unspecified atom stereocenters. The predicted molar refractivity (Wildman–Crippen MR) is 146 cm³/mol. The molecule has 12 heteroatoms. The molecule has 5 nitrogen and oxygen atoms in total. The second-order valence-corrected chi connectivity index (χ2v) is 11.3. The van der Waals surface area contributed by atoms with E-state index in [9.17, 15) is 19.2 Å². The summed E-state index contributed by atoms with van der Waals surface area (Å²) in [4.78, 5) is 27.4. The average Bonchev–Trinajstić information content (AvgIpc) is 3.44. The number of nitrogens with one attached hydrogen (secondary N) is 1. The number of anilines is 2. The van der Waals surface area contributed by atoms with Crippen LogP contribution in [0.5, 0.6) is 0 Å². The number of benzene rings is 3. The Bertz CT molecular complexity index is 1470. The maximum absolute atomic E-state index is 13.5. The molecule has 1 saturated carbocycles. The van der Waals surface area contributed by atoms with Crippen LogP contribution in [0.2, 0.25) is 20.1 Å². The van der Waals surface area contributed by atoms with Crippen molar-refractivity contribution in [3.05, 3.63) is 91.1 Å². The lowest BCUT2D eigenvalue weighted by atomic mass is 10.1. The highest BCUT2D eigenvalue weighted by Crippen LogP contribution is 2.65. The molecule has 1 aliphatic rings. The molecule has 4 rings (SSSR count). The summed E-state index contributed by atoms with van der Waals surface area (Å²) in [6.45, 7) is 0. The van der Waals surface area contributed by atoms with Gasteiger partial charge in [-0.15, -0.1) is 23.2 Å². The number of hydrogen-bond donors (Lipinski definition) is 1. The number of amides is 2. The summed E-state index contributed by atoms with van der Waals surface area (Å²) in [5, 5.41) is 12.7. The quantitative estimate of drug-likeness (QED) is 0.232. The van der Waals surface area contributed by atoms with Crippen molar-refractivity contribution in [2.75, 3.05) is 17.3 Å². The minimum Gasteiger partial charge on any atom is -0.326 e. The minimum atomic E-state index is -1.42. The first kappa shape index (κ1) is 27.8. The Morgan fingerprint density at radius 1 is 1.00 bits per heavy atom. The van der Waals surface area contributed by atoms with E-state index in [1.165, 1.54) is 31.3 Å². The van der Waals surface area contributed by atoms with Gasteiger partial charge in [-0.1, -0.05) is 46.4 Å². The molecule has 3 aromatic rings. The van der Waals surface area contributed by atoms with E-state index >= 15 is 0 Å². The summed E-state index contributed by atoms with van der Waals surface area (Å²) in [5.41, 5.74) is 1.01. The van der Waals surface area contributed by atoms with Gasteiger partial charge in [0.1, 0.15) is 16.2 Å². The Balaban J connectivity index is 1.57. The van der Waals surface area contributed by atoms with Crippen molar-refractivity contribution in [3.63, 3.8) is 0 Å². The number of carbonyl (C=O) groups is 2. The van der Waals surface area contributed by atoms with E-state index in [1.807, 2.05) is 6.07 Å². The van der Waals surface area contributed by atoms with Crippen molar-refractivity contribution in [1.29, 1.82) is 5.26 Å². The number of rotatable bonds is 5. The molecule has 1 N–H and O–H groups in total. The van der Waals surface area contributed by atoms with Crippen LogP contribution < -0.4 is 10.2 Å². The van der Waals surface area contributed by atoms with E-state index in [1.54, 1.807) is 12.1 Å². The standard InChI is InChI=1S/C25H14Cl6FN3O2/c1-35(19-5-2-13(32)6-12(19)10-33)24(37)15-9-14(3-4-16(15)26)34-23(36)21-20(25(21,30)31)11-7-17(27)22(29)18(28)8-11/h2-9,20-21H,1H3,(H,34,36). The maximum Gasteiger partial charge on any atom is 0.259 e. The topological polar surface area (TPSA) is 73.2 Å². The second kappa shape index (κ2) is 10.5. The summed E-state index contributed by atoms with van der Waals surface area (Å²) in [6, 6.07) is 12.8. The first-order valence-electron chi connectivity index (χ1n) is 10.5.